The minimum Gasteiger partial charge on any atom is -0.478 e. The Morgan fingerprint density at radius 3 is 2.06 bits per heavy atom. The molecule has 34 heavy (non-hydrogen) atoms. The van der Waals surface area contributed by atoms with Crippen LogP contribution in [0.1, 0.15) is 37.9 Å². The van der Waals surface area contributed by atoms with Crippen LogP contribution in [-0.4, -0.2) is 16.6 Å². The number of carbonyl (C=O) groups excluding carboxylic acids is 2. The van der Waals surface area contributed by atoms with Gasteiger partial charge in [0, 0.05) is 39.4 Å². The summed E-state index contributed by atoms with van der Waals surface area (Å²) in [6.45, 7) is 0. The van der Waals surface area contributed by atoms with E-state index in [2.05, 4.69) is 4.98 Å². The monoisotopic (exact) mass is 449 g/mol. The Balaban J connectivity index is 1.43. The molecule has 0 fully saturated rings. The largest absolute Gasteiger partial charge is 0.478 e. The summed E-state index contributed by atoms with van der Waals surface area (Å²) in [4.78, 5) is 29.4. The first kappa shape index (κ1) is 21.3. The molecular formula is C29H20FNO3. The Kier molecular flexibility index (Phi) is 5.75. The molecule has 0 aliphatic rings. The molecule has 0 spiro atoms. The molecule has 5 rings (SSSR count). The van der Waals surface area contributed by atoms with Gasteiger partial charge in [-0.05, 0) is 54.6 Å². The summed E-state index contributed by atoms with van der Waals surface area (Å²) in [5.41, 5.74) is 2.99. The second-order valence-corrected chi connectivity index (χ2v) is 7.88. The molecular weight excluding hydrogens is 429 g/mol. The number of H-pyrrole nitrogens is 1. The molecule has 0 aliphatic carbocycles. The number of benzene rings is 4. The molecule has 0 bridgehead atoms. The summed E-state index contributed by atoms with van der Waals surface area (Å²) >= 11 is 0. The zero-order chi connectivity index (χ0) is 23.5. The normalized spacial score (nSPS) is 11.8. The number of ether oxygens (including phenoxy) is 1. The summed E-state index contributed by atoms with van der Waals surface area (Å²) in [6, 6.07) is 28.9. The number of hydrogen-bond acceptors (Lipinski definition) is 3. The van der Waals surface area contributed by atoms with Crippen molar-refractivity contribution in [1.29, 1.82) is 0 Å². The minimum absolute atomic E-state index is 0.171. The van der Waals surface area contributed by atoms with E-state index < -0.39 is 11.9 Å². The van der Waals surface area contributed by atoms with Gasteiger partial charge in [-0.25, -0.2) is 4.39 Å². The van der Waals surface area contributed by atoms with Gasteiger partial charge in [0.15, 0.2) is 11.9 Å². The van der Waals surface area contributed by atoms with Crippen LogP contribution in [-0.2, 0) is 0 Å². The van der Waals surface area contributed by atoms with Gasteiger partial charge in [0.05, 0.1) is 0 Å². The van der Waals surface area contributed by atoms with E-state index in [9.17, 15) is 14.0 Å². The highest BCUT2D eigenvalue weighted by Crippen LogP contribution is 2.29. The maximum atomic E-state index is 13.6. The number of Topliss-reactive ketones (excluding diaryl/α,β-unsaturated/α-hetero) is 1. The van der Waals surface area contributed by atoms with Crippen LogP contribution in [0.5, 0.6) is 5.75 Å². The van der Waals surface area contributed by atoms with Crippen molar-refractivity contribution >= 4 is 22.5 Å². The number of para-hydroxylation sites is 1. The van der Waals surface area contributed by atoms with E-state index in [1.54, 1.807) is 30.5 Å². The molecule has 1 unspecified atom stereocenters. The lowest BCUT2D eigenvalue weighted by molar-refractivity contribution is 0.0794. The van der Waals surface area contributed by atoms with Gasteiger partial charge >= 0.3 is 0 Å². The standard InChI is InChI=1S/C29H20FNO3/c30-22-14-10-19(11-15-22)27(32)20-12-16-23(17-13-20)34-29(21-6-2-1-3-7-21)28(33)25-18-31-26-9-5-4-8-24(25)26/h1-18,29,31H. The van der Waals surface area contributed by atoms with Crippen molar-refractivity contribution in [3.8, 4) is 5.75 Å². The summed E-state index contributed by atoms with van der Waals surface area (Å²) in [7, 11) is 0. The third kappa shape index (κ3) is 4.24. The number of ketones is 2. The molecule has 1 N–H and O–H groups in total. The van der Waals surface area contributed by atoms with Gasteiger partial charge in [-0.15, -0.1) is 0 Å². The molecule has 0 saturated carbocycles. The first-order valence-corrected chi connectivity index (χ1v) is 10.8. The molecule has 166 valence electrons. The van der Waals surface area contributed by atoms with Crippen LogP contribution < -0.4 is 4.74 Å². The lowest BCUT2D eigenvalue weighted by Crippen LogP contribution is -2.19. The Hall–Kier alpha value is -4.51. The highest BCUT2D eigenvalue weighted by molar-refractivity contribution is 6.10. The highest BCUT2D eigenvalue weighted by atomic mass is 19.1. The van der Waals surface area contributed by atoms with Crippen molar-refractivity contribution in [2.24, 2.45) is 0 Å². The number of halogens is 1. The fraction of sp³-hybridized carbons (Fsp3) is 0.0345. The third-order valence-electron chi connectivity index (χ3n) is 5.67. The van der Waals surface area contributed by atoms with Crippen molar-refractivity contribution in [3.63, 3.8) is 0 Å². The second kappa shape index (κ2) is 9.16. The predicted octanol–water partition coefficient (Wildman–Crippen LogP) is 6.54. The Labute approximate surface area is 195 Å². The van der Waals surface area contributed by atoms with Gasteiger partial charge in [-0.2, -0.15) is 0 Å². The number of carbonyl (C=O) groups is 2. The number of aromatic nitrogens is 1. The van der Waals surface area contributed by atoms with Gasteiger partial charge in [-0.3, -0.25) is 9.59 Å². The van der Waals surface area contributed by atoms with E-state index in [1.165, 1.54) is 24.3 Å². The van der Waals surface area contributed by atoms with Crippen molar-refractivity contribution < 1.29 is 18.7 Å². The number of fused-ring (bicyclic) bond motifs is 1. The quantitative estimate of drug-likeness (QED) is 0.287. The first-order valence-electron chi connectivity index (χ1n) is 10.8. The molecule has 4 aromatic carbocycles. The Morgan fingerprint density at radius 1 is 0.735 bits per heavy atom. The fourth-order valence-electron chi connectivity index (χ4n) is 3.91. The number of hydrogen-bond donors (Lipinski definition) is 1. The molecule has 0 radical (unpaired) electrons. The van der Waals surface area contributed by atoms with Crippen molar-refractivity contribution in [3.05, 3.63) is 137 Å². The lowest BCUT2D eigenvalue weighted by atomic mass is 9.99. The van der Waals surface area contributed by atoms with Crippen molar-refractivity contribution in [2.45, 2.75) is 6.10 Å². The molecule has 0 aliphatic heterocycles. The van der Waals surface area contributed by atoms with Crippen LogP contribution in [0.15, 0.2) is 109 Å². The minimum atomic E-state index is -0.862. The predicted molar refractivity (Wildman–Crippen MR) is 129 cm³/mol. The average molecular weight is 449 g/mol. The van der Waals surface area contributed by atoms with Crippen LogP contribution in [0, 0.1) is 5.82 Å². The molecule has 1 atom stereocenters. The molecule has 1 heterocycles. The highest BCUT2D eigenvalue weighted by Gasteiger charge is 2.26. The Morgan fingerprint density at radius 2 is 1.35 bits per heavy atom. The van der Waals surface area contributed by atoms with E-state index in [1.807, 2.05) is 54.6 Å². The first-order chi connectivity index (χ1) is 16.6. The second-order valence-electron chi connectivity index (χ2n) is 7.88. The number of nitrogens with one attached hydrogen (secondary N) is 1. The topological polar surface area (TPSA) is 59.2 Å². The number of rotatable bonds is 7. The summed E-state index contributed by atoms with van der Waals surface area (Å²) in [6.07, 6.45) is 0.843. The van der Waals surface area contributed by atoms with Crippen molar-refractivity contribution in [1.82, 2.24) is 4.98 Å². The third-order valence-corrected chi connectivity index (χ3v) is 5.67. The molecule has 5 heteroatoms. The van der Waals surface area contributed by atoms with E-state index in [4.69, 9.17) is 4.74 Å². The molecule has 1 aromatic heterocycles. The summed E-state index contributed by atoms with van der Waals surface area (Å²) in [5.74, 6) is -0.332. The maximum Gasteiger partial charge on any atom is 0.210 e. The van der Waals surface area contributed by atoms with Gasteiger partial charge in [-0.1, -0.05) is 48.5 Å². The van der Waals surface area contributed by atoms with Crippen LogP contribution >= 0.6 is 0 Å². The van der Waals surface area contributed by atoms with E-state index in [-0.39, 0.29) is 11.6 Å². The zero-order valence-corrected chi connectivity index (χ0v) is 18.1. The smallest absolute Gasteiger partial charge is 0.210 e. The van der Waals surface area contributed by atoms with Crippen LogP contribution in [0.25, 0.3) is 10.9 Å². The SMILES string of the molecule is O=C(c1ccc(F)cc1)c1ccc(OC(C(=O)c2c[nH]c3ccccc23)c2ccccc2)cc1. The number of aromatic amines is 1. The maximum absolute atomic E-state index is 13.6. The van der Waals surface area contributed by atoms with Gasteiger partial charge in [0.25, 0.3) is 0 Å². The van der Waals surface area contributed by atoms with Gasteiger partial charge in [0.1, 0.15) is 11.6 Å². The van der Waals surface area contributed by atoms with E-state index in [0.29, 0.717) is 22.4 Å². The fourth-order valence-corrected chi connectivity index (χ4v) is 3.91. The van der Waals surface area contributed by atoms with E-state index >= 15 is 0 Å². The van der Waals surface area contributed by atoms with E-state index in [0.717, 1.165) is 16.5 Å². The lowest BCUT2D eigenvalue weighted by Gasteiger charge is -2.18. The van der Waals surface area contributed by atoms with Gasteiger partial charge in [0.2, 0.25) is 5.78 Å². The zero-order valence-electron chi connectivity index (χ0n) is 18.1. The van der Waals surface area contributed by atoms with Crippen LogP contribution in [0.3, 0.4) is 0 Å². The van der Waals surface area contributed by atoms with Crippen LogP contribution in [0.2, 0.25) is 0 Å². The molecule has 0 amide bonds. The molecule has 4 nitrogen and oxygen atoms in total. The molecule has 0 saturated heterocycles. The van der Waals surface area contributed by atoms with Crippen molar-refractivity contribution in [2.75, 3.05) is 0 Å². The summed E-state index contributed by atoms with van der Waals surface area (Å²) < 4.78 is 19.3. The molecule has 5 aromatic rings. The summed E-state index contributed by atoms with van der Waals surface area (Å²) in [5, 5.41) is 0.831. The Bertz CT molecular complexity index is 1460. The van der Waals surface area contributed by atoms with Gasteiger partial charge < -0.3 is 9.72 Å². The average Bonchev–Trinajstić information content (AvgIpc) is 3.32. The van der Waals surface area contributed by atoms with Crippen LogP contribution in [0.4, 0.5) is 4.39 Å².